The molecule has 0 aliphatic rings. The summed E-state index contributed by atoms with van der Waals surface area (Å²) in [5, 5.41) is 0. The van der Waals surface area contributed by atoms with Crippen LogP contribution in [0.4, 0.5) is 0 Å². The summed E-state index contributed by atoms with van der Waals surface area (Å²) in [6, 6.07) is 1.55. The molecule has 4 heteroatoms. The van der Waals surface area contributed by atoms with E-state index in [4.69, 9.17) is 0 Å². The molecule has 3 N–H and O–H groups in total. The van der Waals surface area contributed by atoms with E-state index in [2.05, 4.69) is 63.0 Å². The molecule has 3 nitrogen and oxygen atoms in total. The Morgan fingerprint density at radius 3 is 1.00 bits per heavy atom. The first-order chi connectivity index (χ1) is 6.25. The summed E-state index contributed by atoms with van der Waals surface area (Å²) >= 11 is 0. The molecule has 0 saturated heterocycles. The van der Waals surface area contributed by atoms with Crippen molar-refractivity contribution >= 4 is 8.56 Å². The van der Waals surface area contributed by atoms with Gasteiger partial charge in [-0.05, 0) is 24.7 Å². The third-order valence-corrected chi connectivity index (χ3v) is 5.20. The predicted molar refractivity (Wildman–Crippen MR) is 66.4 cm³/mol. The lowest BCUT2D eigenvalue weighted by atomic mass is 10.4. The zero-order chi connectivity index (χ0) is 11.4. The summed E-state index contributed by atoms with van der Waals surface area (Å²) in [7, 11) is -1.69. The molecule has 0 radical (unpaired) electrons. The first kappa shape index (κ1) is 14.1. The molecular formula is C10H27N3Si. The fourth-order valence-corrected chi connectivity index (χ4v) is 5.57. The SMILES string of the molecule is CC(C)N[Si](C)(NC(C)C)NC(C)C. The van der Waals surface area contributed by atoms with E-state index >= 15 is 0 Å². The Kier molecular flexibility index (Phi) is 5.89. The molecule has 0 aliphatic heterocycles. The highest BCUT2D eigenvalue weighted by Gasteiger charge is 2.29. The van der Waals surface area contributed by atoms with Crippen LogP contribution in [0.25, 0.3) is 0 Å². The van der Waals surface area contributed by atoms with E-state index in [1.54, 1.807) is 0 Å². The van der Waals surface area contributed by atoms with E-state index in [9.17, 15) is 0 Å². The van der Waals surface area contributed by atoms with Crippen LogP contribution in [-0.4, -0.2) is 26.7 Å². The molecule has 0 fully saturated rings. The molecular weight excluding hydrogens is 190 g/mol. The summed E-state index contributed by atoms with van der Waals surface area (Å²) in [6.45, 7) is 15.4. The second kappa shape index (κ2) is 5.85. The minimum Gasteiger partial charge on any atom is -0.311 e. The summed E-state index contributed by atoms with van der Waals surface area (Å²) < 4.78 is 0. The van der Waals surface area contributed by atoms with Crippen molar-refractivity contribution in [2.24, 2.45) is 0 Å². The third-order valence-electron chi connectivity index (χ3n) is 1.73. The Labute approximate surface area is 90.3 Å². The Morgan fingerprint density at radius 1 is 0.643 bits per heavy atom. The summed E-state index contributed by atoms with van der Waals surface area (Å²) in [6.07, 6.45) is 0. The van der Waals surface area contributed by atoms with Gasteiger partial charge in [0.1, 0.15) is 0 Å². The summed E-state index contributed by atoms with van der Waals surface area (Å²) in [4.78, 5) is 10.9. The van der Waals surface area contributed by atoms with Gasteiger partial charge >= 0.3 is 0 Å². The maximum atomic E-state index is 3.64. The fraction of sp³-hybridized carbons (Fsp3) is 1.00. The van der Waals surface area contributed by atoms with Crippen LogP contribution in [0.3, 0.4) is 0 Å². The zero-order valence-electron chi connectivity index (χ0n) is 10.7. The Bertz CT molecular complexity index is 131. The second-order valence-corrected chi connectivity index (χ2v) is 8.14. The van der Waals surface area contributed by atoms with Crippen LogP contribution < -0.4 is 14.9 Å². The van der Waals surface area contributed by atoms with E-state index in [-0.39, 0.29) is 0 Å². The van der Waals surface area contributed by atoms with Gasteiger partial charge in [-0.2, -0.15) is 0 Å². The molecule has 14 heavy (non-hydrogen) atoms. The van der Waals surface area contributed by atoms with Crippen LogP contribution in [-0.2, 0) is 0 Å². The lowest BCUT2D eigenvalue weighted by Gasteiger charge is -2.35. The standard InChI is InChI=1S/C10H27N3Si/c1-8(2)11-14(7,12-9(3)4)13-10(5)6/h8-13H,1-7H3. The highest BCUT2D eigenvalue weighted by atomic mass is 28.4. The highest BCUT2D eigenvalue weighted by Crippen LogP contribution is 1.96. The van der Waals surface area contributed by atoms with E-state index in [0.717, 1.165) is 0 Å². The summed E-state index contributed by atoms with van der Waals surface area (Å²) in [5.41, 5.74) is 0. The molecule has 0 rings (SSSR count). The van der Waals surface area contributed by atoms with Crippen molar-refractivity contribution in [2.45, 2.75) is 66.2 Å². The van der Waals surface area contributed by atoms with Gasteiger partial charge in [0.05, 0.1) is 0 Å². The van der Waals surface area contributed by atoms with Crippen molar-refractivity contribution in [3.63, 3.8) is 0 Å². The van der Waals surface area contributed by atoms with Crippen molar-refractivity contribution in [3.8, 4) is 0 Å². The van der Waals surface area contributed by atoms with Crippen molar-refractivity contribution in [1.29, 1.82) is 0 Å². The van der Waals surface area contributed by atoms with Gasteiger partial charge in [0, 0.05) is 0 Å². The number of hydrogen-bond acceptors (Lipinski definition) is 3. The van der Waals surface area contributed by atoms with E-state index in [1.807, 2.05) is 0 Å². The monoisotopic (exact) mass is 217 g/mol. The fourth-order valence-electron chi connectivity index (χ4n) is 1.86. The maximum Gasteiger partial charge on any atom is 0.278 e. The van der Waals surface area contributed by atoms with Crippen LogP contribution in [0, 0.1) is 0 Å². The minimum atomic E-state index is -1.69. The van der Waals surface area contributed by atoms with Gasteiger partial charge < -0.3 is 14.9 Å². The Hall–Kier alpha value is 0.0969. The maximum absolute atomic E-state index is 3.64. The number of nitrogens with one attached hydrogen (secondary N) is 3. The van der Waals surface area contributed by atoms with E-state index in [0.29, 0.717) is 18.1 Å². The number of rotatable bonds is 6. The van der Waals surface area contributed by atoms with E-state index in [1.165, 1.54) is 0 Å². The normalized spacial score (nSPS) is 13.3. The molecule has 0 bridgehead atoms. The molecule has 0 spiro atoms. The Balaban J connectivity index is 4.32. The van der Waals surface area contributed by atoms with Crippen molar-refractivity contribution in [2.75, 3.05) is 0 Å². The molecule has 0 aromatic rings. The van der Waals surface area contributed by atoms with Gasteiger partial charge in [-0.15, -0.1) is 0 Å². The van der Waals surface area contributed by atoms with Gasteiger partial charge in [0.25, 0.3) is 8.56 Å². The highest BCUT2D eigenvalue weighted by molar-refractivity contribution is 6.71. The zero-order valence-corrected chi connectivity index (χ0v) is 11.7. The predicted octanol–water partition coefficient (Wildman–Crippen LogP) is 1.55. The van der Waals surface area contributed by atoms with Crippen LogP contribution in [0.15, 0.2) is 0 Å². The smallest absolute Gasteiger partial charge is 0.278 e. The molecule has 86 valence electrons. The molecule has 0 unspecified atom stereocenters. The van der Waals surface area contributed by atoms with Crippen LogP contribution >= 0.6 is 0 Å². The lowest BCUT2D eigenvalue weighted by molar-refractivity contribution is 0.604. The lowest BCUT2D eigenvalue weighted by Crippen LogP contribution is -2.74. The van der Waals surface area contributed by atoms with Crippen LogP contribution in [0.5, 0.6) is 0 Å². The van der Waals surface area contributed by atoms with Crippen molar-refractivity contribution in [1.82, 2.24) is 14.9 Å². The first-order valence-electron chi connectivity index (χ1n) is 5.58. The van der Waals surface area contributed by atoms with Crippen molar-refractivity contribution in [3.05, 3.63) is 0 Å². The third kappa shape index (κ3) is 6.54. The van der Waals surface area contributed by atoms with Gasteiger partial charge in [0.15, 0.2) is 0 Å². The molecule has 0 aliphatic carbocycles. The molecule has 0 atom stereocenters. The molecule has 0 aromatic heterocycles. The summed E-state index contributed by atoms with van der Waals surface area (Å²) in [5.74, 6) is 0. The van der Waals surface area contributed by atoms with Crippen molar-refractivity contribution < 1.29 is 0 Å². The minimum absolute atomic E-state index is 0.518. The second-order valence-electron chi connectivity index (χ2n) is 5.02. The molecule has 0 aromatic carbocycles. The quantitative estimate of drug-likeness (QED) is 0.591. The topological polar surface area (TPSA) is 36.1 Å². The van der Waals surface area contributed by atoms with Gasteiger partial charge in [-0.25, -0.2) is 0 Å². The average molecular weight is 217 g/mol. The number of hydrogen-bond donors (Lipinski definition) is 3. The average Bonchev–Trinajstić information content (AvgIpc) is 1.76. The molecule has 0 amide bonds. The van der Waals surface area contributed by atoms with Gasteiger partial charge in [-0.1, -0.05) is 41.5 Å². The Morgan fingerprint density at radius 2 is 0.857 bits per heavy atom. The molecule has 0 saturated carbocycles. The van der Waals surface area contributed by atoms with E-state index < -0.39 is 8.56 Å². The van der Waals surface area contributed by atoms with Crippen LogP contribution in [0.2, 0.25) is 6.55 Å². The van der Waals surface area contributed by atoms with Gasteiger partial charge in [-0.3, -0.25) is 0 Å². The van der Waals surface area contributed by atoms with Crippen LogP contribution in [0.1, 0.15) is 41.5 Å². The van der Waals surface area contributed by atoms with Gasteiger partial charge in [0.2, 0.25) is 0 Å². The molecule has 0 heterocycles. The first-order valence-corrected chi connectivity index (χ1v) is 8.08. The largest absolute Gasteiger partial charge is 0.311 e.